The third kappa shape index (κ3) is 36.3. The summed E-state index contributed by atoms with van der Waals surface area (Å²) < 4.78 is 32.5. The van der Waals surface area contributed by atoms with Gasteiger partial charge in [0.05, 0.1) is 13.2 Å². The predicted molar refractivity (Wildman–Crippen MR) is 206 cm³/mol. The van der Waals surface area contributed by atoms with Gasteiger partial charge in [0.1, 0.15) is 6.61 Å². The van der Waals surface area contributed by atoms with E-state index >= 15 is 0 Å². The first kappa shape index (κ1) is 48.5. The molecule has 0 aromatic heterocycles. The standard InChI is InChI=1S/C40H76NO8P/c1-3-5-7-9-11-13-15-17-19-21-22-24-26-28-30-32-39(42)46-36-38(37-48-50(44,45)47-35-34-41)49-40(43)33-31-29-27-25-23-20-18-16-14-12-10-8-6-4-2/h26,28,30,32,38H,3-25,27,29,31,33-37,41H2,1-2H3,(H,44,45)/b28-26+,32-30+/t38-/m1/s1. The molecule has 10 heteroatoms. The van der Waals surface area contributed by atoms with Crippen LogP contribution in [0.15, 0.2) is 24.3 Å². The van der Waals surface area contributed by atoms with E-state index in [0.29, 0.717) is 6.42 Å². The number of rotatable bonds is 38. The fourth-order valence-corrected chi connectivity index (χ4v) is 6.43. The van der Waals surface area contributed by atoms with Crippen LogP contribution in [0.3, 0.4) is 0 Å². The Morgan fingerprint density at radius 3 is 1.58 bits per heavy atom. The molecule has 294 valence electrons. The summed E-state index contributed by atoms with van der Waals surface area (Å²) in [6, 6.07) is 0. The van der Waals surface area contributed by atoms with Gasteiger partial charge in [-0.2, -0.15) is 0 Å². The lowest BCUT2D eigenvalue weighted by Gasteiger charge is -2.19. The third-order valence-electron chi connectivity index (χ3n) is 8.69. The minimum Gasteiger partial charge on any atom is -0.458 e. The number of esters is 2. The highest BCUT2D eigenvalue weighted by Crippen LogP contribution is 2.43. The van der Waals surface area contributed by atoms with Gasteiger partial charge in [0.25, 0.3) is 0 Å². The summed E-state index contributed by atoms with van der Waals surface area (Å²) in [6.45, 7) is 3.61. The Kier molecular flexibility index (Phi) is 36.1. The summed E-state index contributed by atoms with van der Waals surface area (Å²) in [5.74, 6) is -1.07. The zero-order valence-corrected chi connectivity index (χ0v) is 33.0. The van der Waals surface area contributed by atoms with E-state index in [1.54, 1.807) is 6.08 Å². The number of nitrogens with two attached hydrogens (primary N) is 1. The number of hydrogen-bond donors (Lipinski definition) is 2. The van der Waals surface area contributed by atoms with Gasteiger partial charge in [-0.3, -0.25) is 13.8 Å². The van der Waals surface area contributed by atoms with Gasteiger partial charge in [0.15, 0.2) is 6.10 Å². The van der Waals surface area contributed by atoms with Crippen LogP contribution < -0.4 is 5.73 Å². The maximum atomic E-state index is 12.5. The van der Waals surface area contributed by atoms with Crippen LogP contribution in [0.5, 0.6) is 0 Å². The van der Waals surface area contributed by atoms with Crippen LogP contribution in [0.4, 0.5) is 0 Å². The molecular formula is C40H76NO8P. The molecule has 0 aliphatic heterocycles. The van der Waals surface area contributed by atoms with Gasteiger partial charge < -0.3 is 20.1 Å². The fraction of sp³-hybridized carbons (Fsp3) is 0.850. The number of unbranched alkanes of at least 4 members (excludes halogenated alkanes) is 24. The van der Waals surface area contributed by atoms with Crippen molar-refractivity contribution in [1.82, 2.24) is 0 Å². The number of ether oxygens (including phenoxy) is 2. The SMILES string of the molecule is CCCCCCCCCCCCC/C=C/C=C/C(=O)OC[C@H](COP(=O)(O)OCCN)OC(=O)CCCCCCCCCCCCCCCC. The van der Waals surface area contributed by atoms with Gasteiger partial charge in [-0.15, -0.1) is 0 Å². The molecule has 0 aromatic carbocycles. The Balaban J connectivity index is 4.27. The number of carbonyl (C=O) groups excluding carboxylic acids is 2. The second-order valence-corrected chi connectivity index (χ2v) is 15.0. The van der Waals surface area contributed by atoms with E-state index in [1.807, 2.05) is 12.2 Å². The third-order valence-corrected chi connectivity index (χ3v) is 9.68. The zero-order valence-electron chi connectivity index (χ0n) is 32.1. The summed E-state index contributed by atoms with van der Waals surface area (Å²) in [5.41, 5.74) is 5.33. The van der Waals surface area contributed by atoms with E-state index in [0.717, 1.165) is 32.1 Å². The van der Waals surface area contributed by atoms with Crippen molar-refractivity contribution in [2.45, 2.75) is 193 Å². The largest absolute Gasteiger partial charge is 0.472 e. The molecule has 0 saturated heterocycles. The molecule has 0 aliphatic rings. The molecule has 1 unspecified atom stereocenters. The summed E-state index contributed by atoms with van der Waals surface area (Å²) in [4.78, 5) is 34.6. The molecule has 0 heterocycles. The maximum absolute atomic E-state index is 12.5. The molecule has 0 bridgehead atoms. The van der Waals surface area contributed by atoms with E-state index < -0.39 is 32.5 Å². The minimum atomic E-state index is -4.39. The molecule has 9 nitrogen and oxygen atoms in total. The molecule has 0 fully saturated rings. The Labute approximate surface area is 306 Å². The number of phosphoric acid groups is 1. The van der Waals surface area contributed by atoms with Crippen molar-refractivity contribution in [3.8, 4) is 0 Å². The molecular weight excluding hydrogens is 653 g/mol. The topological polar surface area (TPSA) is 134 Å². The number of hydrogen-bond acceptors (Lipinski definition) is 8. The van der Waals surface area contributed by atoms with Gasteiger partial charge in [0.2, 0.25) is 0 Å². The summed E-state index contributed by atoms with van der Waals surface area (Å²) in [6.07, 6.45) is 38.4. The van der Waals surface area contributed by atoms with Crippen molar-refractivity contribution in [2.24, 2.45) is 5.73 Å². The molecule has 3 N–H and O–H groups in total. The first-order valence-corrected chi connectivity index (χ1v) is 21.9. The zero-order chi connectivity index (χ0) is 36.8. The van der Waals surface area contributed by atoms with Crippen molar-refractivity contribution in [3.05, 3.63) is 24.3 Å². The lowest BCUT2D eigenvalue weighted by atomic mass is 10.0. The number of carbonyl (C=O) groups is 2. The highest BCUT2D eigenvalue weighted by atomic mass is 31.2. The van der Waals surface area contributed by atoms with Gasteiger partial charge in [-0.05, 0) is 19.3 Å². The second kappa shape index (κ2) is 37.3. The molecule has 0 radical (unpaired) electrons. The van der Waals surface area contributed by atoms with Crippen LogP contribution in [0.1, 0.15) is 187 Å². The Morgan fingerprint density at radius 2 is 1.10 bits per heavy atom. The lowest BCUT2D eigenvalue weighted by molar-refractivity contribution is -0.159. The van der Waals surface area contributed by atoms with Crippen molar-refractivity contribution >= 4 is 19.8 Å². The van der Waals surface area contributed by atoms with Gasteiger partial charge in [-0.1, -0.05) is 180 Å². The number of phosphoric ester groups is 1. The predicted octanol–water partition coefficient (Wildman–Crippen LogP) is 11.2. The molecule has 0 amide bonds. The summed E-state index contributed by atoms with van der Waals surface area (Å²) in [7, 11) is -4.39. The van der Waals surface area contributed by atoms with E-state index in [4.69, 9.17) is 24.3 Å². The van der Waals surface area contributed by atoms with Crippen molar-refractivity contribution in [3.63, 3.8) is 0 Å². The quantitative estimate of drug-likeness (QED) is 0.0209. The molecule has 50 heavy (non-hydrogen) atoms. The number of allylic oxidation sites excluding steroid dienone is 3. The van der Waals surface area contributed by atoms with E-state index in [9.17, 15) is 19.0 Å². The van der Waals surface area contributed by atoms with Crippen LogP contribution >= 0.6 is 7.82 Å². The van der Waals surface area contributed by atoms with Crippen LogP contribution in [-0.4, -0.2) is 49.3 Å². The maximum Gasteiger partial charge on any atom is 0.472 e. The monoisotopic (exact) mass is 730 g/mol. The van der Waals surface area contributed by atoms with Crippen molar-refractivity contribution in [2.75, 3.05) is 26.4 Å². The molecule has 0 spiro atoms. The van der Waals surface area contributed by atoms with Crippen molar-refractivity contribution in [1.29, 1.82) is 0 Å². The fourth-order valence-electron chi connectivity index (χ4n) is 5.67. The smallest absolute Gasteiger partial charge is 0.458 e. The van der Waals surface area contributed by atoms with Gasteiger partial charge >= 0.3 is 19.8 Å². The Bertz CT molecular complexity index is 881. The normalized spacial score (nSPS) is 13.6. The van der Waals surface area contributed by atoms with Crippen LogP contribution in [-0.2, 0) is 32.7 Å². The molecule has 0 saturated carbocycles. The van der Waals surface area contributed by atoms with Gasteiger partial charge in [-0.25, -0.2) is 9.36 Å². The lowest BCUT2D eigenvalue weighted by Crippen LogP contribution is -2.29. The summed E-state index contributed by atoms with van der Waals surface area (Å²) in [5, 5.41) is 0. The molecule has 0 rings (SSSR count). The average molecular weight is 730 g/mol. The molecule has 2 atom stereocenters. The summed E-state index contributed by atoms with van der Waals surface area (Å²) >= 11 is 0. The second-order valence-electron chi connectivity index (χ2n) is 13.6. The van der Waals surface area contributed by atoms with E-state index in [-0.39, 0.29) is 26.2 Å². The van der Waals surface area contributed by atoms with E-state index in [1.165, 1.54) is 134 Å². The highest BCUT2D eigenvalue weighted by molar-refractivity contribution is 7.47. The van der Waals surface area contributed by atoms with Crippen molar-refractivity contribution < 1.29 is 37.6 Å². The van der Waals surface area contributed by atoms with E-state index in [2.05, 4.69) is 13.8 Å². The first-order valence-electron chi connectivity index (χ1n) is 20.4. The Morgan fingerprint density at radius 1 is 0.640 bits per heavy atom. The molecule has 0 aliphatic carbocycles. The average Bonchev–Trinajstić information content (AvgIpc) is 3.10. The Hall–Kier alpha value is -1.51. The van der Waals surface area contributed by atoms with Gasteiger partial charge in [0, 0.05) is 19.0 Å². The van der Waals surface area contributed by atoms with Crippen LogP contribution in [0.25, 0.3) is 0 Å². The van der Waals surface area contributed by atoms with Crippen LogP contribution in [0, 0.1) is 0 Å². The minimum absolute atomic E-state index is 0.0449. The molecule has 0 aromatic rings. The highest BCUT2D eigenvalue weighted by Gasteiger charge is 2.25. The van der Waals surface area contributed by atoms with Crippen LogP contribution in [0.2, 0.25) is 0 Å². The first-order chi connectivity index (χ1) is 24.3.